The van der Waals surface area contributed by atoms with E-state index in [0.29, 0.717) is 36.9 Å². The molecule has 1 aliphatic rings. The Hall–Kier alpha value is -2.32. The molecule has 1 fully saturated rings. The second-order valence-electron chi connectivity index (χ2n) is 5.61. The summed E-state index contributed by atoms with van der Waals surface area (Å²) in [7, 11) is 1.52. The van der Waals surface area contributed by atoms with E-state index < -0.39 is 0 Å². The Morgan fingerprint density at radius 2 is 1.96 bits per heavy atom. The van der Waals surface area contributed by atoms with Crippen molar-refractivity contribution in [3.63, 3.8) is 0 Å². The summed E-state index contributed by atoms with van der Waals surface area (Å²) in [6.07, 6.45) is 0. The van der Waals surface area contributed by atoms with Crippen molar-refractivity contribution in [3.05, 3.63) is 35.9 Å². The average Bonchev–Trinajstić information content (AvgIpc) is 3.05. The Morgan fingerprint density at radius 1 is 1.25 bits per heavy atom. The molecule has 8 heteroatoms. The van der Waals surface area contributed by atoms with Gasteiger partial charge in [0.1, 0.15) is 12.4 Å². The quantitative estimate of drug-likeness (QED) is 0.817. The van der Waals surface area contributed by atoms with Gasteiger partial charge in [-0.1, -0.05) is 5.16 Å². The Balaban J connectivity index is 1.54. The Bertz CT molecular complexity index is 681. The molecule has 1 amide bonds. The molecule has 1 aromatic carbocycles. The lowest BCUT2D eigenvalue weighted by Crippen LogP contribution is -2.49. The number of aromatic nitrogens is 2. The standard InChI is InChI=1S/C16H19FN4O3/c1-23-11-15(22)21-8-6-20(7-9-21)10-14-18-16(24-19-14)12-2-4-13(17)5-3-12/h2-5H,6-11H2,1H3. The van der Waals surface area contributed by atoms with Gasteiger partial charge in [-0.05, 0) is 24.3 Å². The predicted octanol–water partition coefficient (Wildman–Crippen LogP) is 1.17. The number of carbonyl (C=O) groups excluding carboxylic acids is 1. The van der Waals surface area contributed by atoms with E-state index in [4.69, 9.17) is 9.26 Å². The number of carbonyl (C=O) groups is 1. The van der Waals surface area contributed by atoms with Crippen LogP contribution in [0.5, 0.6) is 0 Å². The van der Waals surface area contributed by atoms with Gasteiger partial charge in [0, 0.05) is 38.9 Å². The molecule has 0 bridgehead atoms. The summed E-state index contributed by atoms with van der Waals surface area (Å²) in [4.78, 5) is 20.1. The third-order valence-electron chi connectivity index (χ3n) is 3.92. The maximum Gasteiger partial charge on any atom is 0.257 e. The number of rotatable bonds is 5. The highest BCUT2D eigenvalue weighted by molar-refractivity contribution is 5.77. The summed E-state index contributed by atoms with van der Waals surface area (Å²) < 4.78 is 23.0. The van der Waals surface area contributed by atoms with Crippen LogP contribution in [-0.4, -0.2) is 65.7 Å². The first kappa shape index (κ1) is 16.5. The Kier molecular flexibility index (Phi) is 5.17. The van der Waals surface area contributed by atoms with Crippen LogP contribution in [0.2, 0.25) is 0 Å². The minimum Gasteiger partial charge on any atom is -0.375 e. The van der Waals surface area contributed by atoms with Crippen LogP contribution in [0, 0.1) is 5.82 Å². The van der Waals surface area contributed by atoms with Crippen molar-refractivity contribution in [2.24, 2.45) is 0 Å². The maximum absolute atomic E-state index is 12.9. The molecule has 1 aliphatic heterocycles. The normalized spacial score (nSPS) is 15.7. The zero-order chi connectivity index (χ0) is 16.9. The van der Waals surface area contributed by atoms with Gasteiger partial charge in [0.15, 0.2) is 5.82 Å². The van der Waals surface area contributed by atoms with Crippen molar-refractivity contribution in [1.82, 2.24) is 19.9 Å². The molecule has 0 atom stereocenters. The van der Waals surface area contributed by atoms with Crippen LogP contribution >= 0.6 is 0 Å². The van der Waals surface area contributed by atoms with E-state index in [0.717, 1.165) is 13.1 Å². The van der Waals surface area contributed by atoms with E-state index in [1.165, 1.54) is 19.2 Å². The fourth-order valence-electron chi connectivity index (χ4n) is 2.60. The fourth-order valence-corrected chi connectivity index (χ4v) is 2.60. The van der Waals surface area contributed by atoms with Gasteiger partial charge in [0.2, 0.25) is 5.91 Å². The highest BCUT2D eigenvalue weighted by atomic mass is 19.1. The smallest absolute Gasteiger partial charge is 0.257 e. The SMILES string of the molecule is COCC(=O)N1CCN(Cc2noc(-c3ccc(F)cc3)n2)CC1. The van der Waals surface area contributed by atoms with E-state index in [2.05, 4.69) is 15.0 Å². The lowest BCUT2D eigenvalue weighted by Gasteiger charge is -2.33. The molecule has 0 spiro atoms. The molecule has 7 nitrogen and oxygen atoms in total. The summed E-state index contributed by atoms with van der Waals surface area (Å²) >= 11 is 0. The minimum atomic E-state index is -0.306. The van der Waals surface area contributed by atoms with Crippen LogP contribution in [0.1, 0.15) is 5.82 Å². The molecule has 0 N–H and O–H groups in total. The second-order valence-corrected chi connectivity index (χ2v) is 5.61. The molecule has 0 radical (unpaired) electrons. The Labute approximate surface area is 139 Å². The molecule has 1 saturated heterocycles. The number of hydrogen-bond acceptors (Lipinski definition) is 6. The van der Waals surface area contributed by atoms with Crippen LogP contribution in [0.15, 0.2) is 28.8 Å². The van der Waals surface area contributed by atoms with Crippen LogP contribution < -0.4 is 0 Å². The van der Waals surface area contributed by atoms with Gasteiger partial charge in [-0.2, -0.15) is 4.98 Å². The van der Waals surface area contributed by atoms with Crippen molar-refractivity contribution in [2.75, 3.05) is 39.9 Å². The van der Waals surface area contributed by atoms with Crippen molar-refractivity contribution in [1.29, 1.82) is 0 Å². The van der Waals surface area contributed by atoms with E-state index in [-0.39, 0.29) is 18.3 Å². The average molecular weight is 334 g/mol. The highest BCUT2D eigenvalue weighted by Gasteiger charge is 2.22. The molecule has 0 aliphatic carbocycles. The van der Waals surface area contributed by atoms with E-state index >= 15 is 0 Å². The highest BCUT2D eigenvalue weighted by Crippen LogP contribution is 2.18. The Morgan fingerprint density at radius 3 is 2.62 bits per heavy atom. The van der Waals surface area contributed by atoms with E-state index in [1.807, 2.05) is 0 Å². The van der Waals surface area contributed by atoms with Crippen LogP contribution in [0.4, 0.5) is 4.39 Å². The number of nitrogens with zero attached hydrogens (tertiary/aromatic N) is 4. The summed E-state index contributed by atoms with van der Waals surface area (Å²) in [5.74, 6) is 0.652. The van der Waals surface area contributed by atoms with E-state index in [9.17, 15) is 9.18 Å². The molecular formula is C16H19FN4O3. The zero-order valence-corrected chi connectivity index (χ0v) is 13.4. The number of ether oxygens (including phenoxy) is 1. The number of hydrogen-bond donors (Lipinski definition) is 0. The van der Waals surface area contributed by atoms with Gasteiger partial charge < -0.3 is 14.2 Å². The van der Waals surface area contributed by atoms with Gasteiger partial charge in [0.05, 0.1) is 6.54 Å². The third-order valence-corrected chi connectivity index (χ3v) is 3.92. The number of benzene rings is 1. The van der Waals surface area contributed by atoms with E-state index in [1.54, 1.807) is 17.0 Å². The molecule has 0 saturated carbocycles. The number of halogens is 1. The number of piperazine rings is 1. The van der Waals surface area contributed by atoms with Crippen LogP contribution in [-0.2, 0) is 16.1 Å². The van der Waals surface area contributed by atoms with Crippen molar-refractivity contribution in [3.8, 4) is 11.5 Å². The zero-order valence-electron chi connectivity index (χ0n) is 13.4. The van der Waals surface area contributed by atoms with Gasteiger partial charge in [-0.3, -0.25) is 9.69 Å². The summed E-state index contributed by atoms with van der Waals surface area (Å²) in [6, 6.07) is 5.92. The molecule has 128 valence electrons. The third kappa shape index (κ3) is 3.95. The van der Waals surface area contributed by atoms with Gasteiger partial charge in [-0.15, -0.1) is 0 Å². The fraction of sp³-hybridized carbons (Fsp3) is 0.438. The molecule has 2 aromatic rings. The second kappa shape index (κ2) is 7.50. The van der Waals surface area contributed by atoms with Gasteiger partial charge >= 0.3 is 0 Å². The van der Waals surface area contributed by atoms with Crippen LogP contribution in [0.3, 0.4) is 0 Å². The summed E-state index contributed by atoms with van der Waals surface area (Å²) in [5, 5.41) is 3.97. The first-order chi connectivity index (χ1) is 11.7. The number of methoxy groups -OCH3 is 1. The first-order valence-corrected chi connectivity index (χ1v) is 7.73. The summed E-state index contributed by atoms with van der Waals surface area (Å²) in [5.41, 5.74) is 0.685. The molecule has 24 heavy (non-hydrogen) atoms. The van der Waals surface area contributed by atoms with Gasteiger partial charge in [0.25, 0.3) is 5.89 Å². The minimum absolute atomic E-state index is 0.00954. The largest absolute Gasteiger partial charge is 0.375 e. The van der Waals surface area contributed by atoms with Gasteiger partial charge in [-0.25, -0.2) is 4.39 Å². The molecule has 3 rings (SSSR count). The van der Waals surface area contributed by atoms with Crippen molar-refractivity contribution >= 4 is 5.91 Å². The molecule has 0 unspecified atom stereocenters. The van der Waals surface area contributed by atoms with Crippen LogP contribution in [0.25, 0.3) is 11.5 Å². The van der Waals surface area contributed by atoms with Crippen molar-refractivity contribution < 1.29 is 18.4 Å². The molecule has 1 aromatic heterocycles. The topological polar surface area (TPSA) is 71.7 Å². The molecule has 2 heterocycles. The summed E-state index contributed by atoms with van der Waals surface area (Å²) in [6.45, 7) is 3.48. The maximum atomic E-state index is 12.9. The van der Waals surface area contributed by atoms with Crippen molar-refractivity contribution in [2.45, 2.75) is 6.54 Å². The lowest BCUT2D eigenvalue weighted by molar-refractivity contribution is -0.136. The predicted molar refractivity (Wildman–Crippen MR) is 83.4 cm³/mol. The molecular weight excluding hydrogens is 315 g/mol. The lowest BCUT2D eigenvalue weighted by atomic mass is 10.2. The number of amides is 1. The first-order valence-electron chi connectivity index (χ1n) is 7.73. The monoisotopic (exact) mass is 334 g/mol.